The van der Waals surface area contributed by atoms with Gasteiger partial charge < -0.3 is 14.1 Å². The van der Waals surface area contributed by atoms with Crippen LogP contribution >= 0.6 is 0 Å². The highest BCUT2D eigenvalue weighted by Gasteiger charge is 2.32. The molecule has 1 saturated carbocycles. The average Bonchev–Trinajstić information content (AvgIpc) is 3.15. The number of aryl methyl sites for hydroxylation is 1. The minimum absolute atomic E-state index is 0.0135. The van der Waals surface area contributed by atoms with Gasteiger partial charge in [-0.25, -0.2) is 0 Å². The van der Waals surface area contributed by atoms with Crippen molar-refractivity contribution in [1.29, 1.82) is 0 Å². The molecule has 2 aromatic rings. The Hall–Kier alpha value is -1.97. The van der Waals surface area contributed by atoms with Crippen molar-refractivity contribution >= 4 is 16.9 Å². The van der Waals surface area contributed by atoms with Gasteiger partial charge in [-0.15, -0.1) is 0 Å². The van der Waals surface area contributed by atoms with Gasteiger partial charge in [-0.2, -0.15) is 0 Å². The molecule has 1 aliphatic carbocycles. The quantitative estimate of drug-likeness (QED) is 0.831. The fourth-order valence-electron chi connectivity index (χ4n) is 3.65. The summed E-state index contributed by atoms with van der Waals surface area (Å²) in [7, 11) is 1.64. The maximum Gasteiger partial charge on any atom is 0.290 e. The Labute approximate surface area is 137 Å². The van der Waals surface area contributed by atoms with Crippen LogP contribution in [-0.4, -0.2) is 30.0 Å². The summed E-state index contributed by atoms with van der Waals surface area (Å²) in [5.74, 6) is 1.25. The summed E-state index contributed by atoms with van der Waals surface area (Å²) in [6.07, 6.45) is 4.60. The number of rotatable bonds is 4. The van der Waals surface area contributed by atoms with E-state index in [9.17, 15) is 4.79 Å². The van der Waals surface area contributed by atoms with E-state index in [-0.39, 0.29) is 11.9 Å². The van der Waals surface area contributed by atoms with Crippen molar-refractivity contribution in [2.45, 2.75) is 58.5 Å². The summed E-state index contributed by atoms with van der Waals surface area (Å²) in [6.45, 7) is 6.11. The van der Waals surface area contributed by atoms with E-state index in [4.69, 9.17) is 9.15 Å². The second-order valence-corrected chi connectivity index (χ2v) is 6.66. The molecule has 1 fully saturated rings. The van der Waals surface area contributed by atoms with Crippen molar-refractivity contribution < 1.29 is 13.9 Å². The fraction of sp³-hybridized carbons (Fsp3) is 0.526. The molecule has 0 N–H and O–H groups in total. The van der Waals surface area contributed by atoms with Crippen LogP contribution in [0.25, 0.3) is 11.0 Å². The summed E-state index contributed by atoms with van der Waals surface area (Å²) in [4.78, 5) is 15.1. The standard InChI is InChI=1S/C19H25NO3/c1-12(2)20(14-7-5-6-8-14)19(21)18-13(3)16-11-15(22-4)9-10-17(16)23-18/h9-12,14H,5-8H2,1-4H3. The molecule has 0 atom stereocenters. The zero-order chi connectivity index (χ0) is 16.6. The minimum Gasteiger partial charge on any atom is -0.497 e. The Bertz CT molecular complexity index is 711. The number of fused-ring (bicyclic) bond motifs is 1. The van der Waals surface area contributed by atoms with Crippen molar-refractivity contribution in [3.8, 4) is 5.75 Å². The Balaban J connectivity index is 2.00. The second-order valence-electron chi connectivity index (χ2n) is 6.66. The molecule has 0 bridgehead atoms. The van der Waals surface area contributed by atoms with Crippen LogP contribution in [0.2, 0.25) is 0 Å². The summed E-state index contributed by atoms with van der Waals surface area (Å²) in [6, 6.07) is 6.17. The average molecular weight is 315 g/mol. The minimum atomic E-state index is 0.0135. The second kappa shape index (κ2) is 6.26. The number of carbonyl (C=O) groups excluding carboxylic acids is 1. The van der Waals surface area contributed by atoms with Crippen LogP contribution in [-0.2, 0) is 0 Å². The highest BCUT2D eigenvalue weighted by molar-refractivity contribution is 5.99. The monoisotopic (exact) mass is 315 g/mol. The Morgan fingerprint density at radius 3 is 2.61 bits per heavy atom. The van der Waals surface area contributed by atoms with Gasteiger partial charge in [0.05, 0.1) is 7.11 Å². The summed E-state index contributed by atoms with van der Waals surface area (Å²) in [5.41, 5.74) is 1.63. The van der Waals surface area contributed by atoms with Crippen LogP contribution in [0, 0.1) is 6.92 Å². The summed E-state index contributed by atoms with van der Waals surface area (Å²) < 4.78 is 11.2. The number of carbonyl (C=O) groups is 1. The van der Waals surface area contributed by atoms with Gasteiger partial charge in [-0.05, 0) is 51.8 Å². The van der Waals surface area contributed by atoms with Crippen molar-refractivity contribution in [2.24, 2.45) is 0 Å². The lowest BCUT2D eigenvalue weighted by Gasteiger charge is -2.32. The third kappa shape index (κ3) is 2.82. The molecule has 0 aliphatic heterocycles. The number of hydrogen-bond acceptors (Lipinski definition) is 3. The molecular weight excluding hydrogens is 290 g/mol. The first-order chi connectivity index (χ1) is 11.0. The zero-order valence-corrected chi connectivity index (χ0v) is 14.4. The van der Waals surface area contributed by atoms with E-state index < -0.39 is 0 Å². The molecule has 1 heterocycles. The van der Waals surface area contributed by atoms with Crippen LogP contribution in [0.15, 0.2) is 22.6 Å². The lowest BCUT2D eigenvalue weighted by atomic mass is 10.1. The smallest absolute Gasteiger partial charge is 0.290 e. The third-order valence-electron chi connectivity index (χ3n) is 4.85. The van der Waals surface area contributed by atoms with Crippen molar-refractivity contribution in [3.63, 3.8) is 0 Å². The number of ether oxygens (including phenoxy) is 1. The summed E-state index contributed by atoms with van der Waals surface area (Å²) >= 11 is 0. The fourth-order valence-corrected chi connectivity index (χ4v) is 3.65. The number of hydrogen-bond donors (Lipinski definition) is 0. The van der Waals surface area contributed by atoms with Crippen LogP contribution in [0.5, 0.6) is 5.75 Å². The molecule has 1 aromatic heterocycles. The molecule has 3 rings (SSSR count). The molecule has 0 unspecified atom stereocenters. The number of benzene rings is 1. The van der Waals surface area contributed by atoms with Crippen LogP contribution in [0.4, 0.5) is 0 Å². The highest BCUT2D eigenvalue weighted by atomic mass is 16.5. The Morgan fingerprint density at radius 2 is 2.00 bits per heavy atom. The molecule has 1 amide bonds. The molecule has 0 radical (unpaired) electrons. The molecular formula is C19H25NO3. The number of nitrogens with zero attached hydrogens (tertiary/aromatic N) is 1. The molecule has 0 spiro atoms. The van der Waals surface area contributed by atoms with Gasteiger partial charge in [-0.3, -0.25) is 4.79 Å². The normalized spacial score (nSPS) is 15.5. The first-order valence-corrected chi connectivity index (χ1v) is 8.42. The van der Waals surface area contributed by atoms with E-state index in [1.54, 1.807) is 7.11 Å². The molecule has 124 valence electrons. The lowest BCUT2D eigenvalue weighted by molar-refractivity contribution is 0.0581. The molecule has 4 nitrogen and oxygen atoms in total. The van der Waals surface area contributed by atoms with E-state index in [1.807, 2.05) is 30.0 Å². The molecule has 1 aliphatic rings. The van der Waals surface area contributed by atoms with Gasteiger partial charge >= 0.3 is 0 Å². The van der Waals surface area contributed by atoms with Gasteiger partial charge in [0.1, 0.15) is 11.3 Å². The van der Waals surface area contributed by atoms with E-state index in [0.717, 1.165) is 35.1 Å². The molecule has 23 heavy (non-hydrogen) atoms. The Kier molecular flexibility index (Phi) is 4.33. The first-order valence-electron chi connectivity index (χ1n) is 8.42. The van der Waals surface area contributed by atoms with Crippen molar-refractivity contribution in [1.82, 2.24) is 4.90 Å². The van der Waals surface area contributed by atoms with Gasteiger partial charge in [0, 0.05) is 23.0 Å². The zero-order valence-electron chi connectivity index (χ0n) is 14.4. The maximum atomic E-state index is 13.1. The van der Waals surface area contributed by atoms with Crippen LogP contribution < -0.4 is 4.74 Å². The molecule has 4 heteroatoms. The third-order valence-corrected chi connectivity index (χ3v) is 4.85. The first kappa shape index (κ1) is 15.9. The van der Waals surface area contributed by atoms with Crippen LogP contribution in [0.1, 0.15) is 55.6 Å². The lowest BCUT2D eigenvalue weighted by Crippen LogP contribution is -2.43. The van der Waals surface area contributed by atoms with Crippen LogP contribution in [0.3, 0.4) is 0 Å². The van der Waals surface area contributed by atoms with Crippen molar-refractivity contribution in [2.75, 3.05) is 7.11 Å². The number of amides is 1. The predicted molar refractivity (Wildman–Crippen MR) is 91.1 cm³/mol. The topological polar surface area (TPSA) is 42.7 Å². The van der Waals surface area contributed by atoms with E-state index >= 15 is 0 Å². The molecule has 0 saturated heterocycles. The number of methoxy groups -OCH3 is 1. The van der Waals surface area contributed by atoms with Gasteiger partial charge in [0.25, 0.3) is 5.91 Å². The number of furan rings is 1. The van der Waals surface area contributed by atoms with E-state index in [0.29, 0.717) is 11.8 Å². The SMILES string of the molecule is COc1ccc2oc(C(=O)N(C(C)C)C3CCCC3)c(C)c2c1. The van der Waals surface area contributed by atoms with Gasteiger partial charge in [-0.1, -0.05) is 12.8 Å². The predicted octanol–water partition coefficient (Wildman–Crippen LogP) is 4.54. The van der Waals surface area contributed by atoms with Gasteiger partial charge in [0.15, 0.2) is 5.76 Å². The maximum absolute atomic E-state index is 13.1. The van der Waals surface area contributed by atoms with E-state index in [2.05, 4.69) is 13.8 Å². The highest BCUT2D eigenvalue weighted by Crippen LogP contribution is 2.32. The largest absolute Gasteiger partial charge is 0.497 e. The van der Waals surface area contributed by atoms with Gasteiger partial charge in [0.2, 0.25) is 0 Å². The van der Waals surface area contributed by atoms with Crippen molar-refractivity contribution in [3.05, 3.63) is 29.5 Å². The molecule has 1 aromatic carbocycles. The Morgan fingerprint density at radius 1 is 1.30 bits per heavy atom. The van der Waals surface area contributed by atoms with E-state index in [1.165, 1.54) is 12.8 Å². The summed E-state index contributed by atoms with van der Waals surface area (Å²) in [5, 5.41) is 0.947.